The van der Waals surface area contributed by atoms with Gasteiger partial charge in [0, 0.05) is 6.54 Å². The maximum atomic E-state index is 13.2. The van der Waals surface area contributed by atoms with Crippen LogP contribution >= 0.6 is 0 Å². The van der Waals surface area contributed by atoms with E-state index in [9.17, 15) is 18.0 Å². The summed E-state index contributed by atoms with van der Waals surface area (Å²) in [6.45, 7) is 1.05. The van der Waals surface area contributed by atoms with E-state index in [1.54, 1.807) is 30.6 Å². The van der Waals surface area contributed by atoms with Gasteiger partial charge in [-0.2, -0.15) is 13.2 Å². The van der Waals surface area contributed by atoms with Crippen molar-refractivity contribution in [2.45, 2.75) is 38.5 Å². The van der Waals surface area contributed by atoms with Crippen molar-refractivity contribution >= 4 is 16.7 Å². The zero-order chi connectivity index (χ0) is 19.9. The van der Waals surface area contributed by atoms with E-state index in [0.717, 1.165) is 16.7 Å². The van der Waals surface area contributed by atoms with Crippen LogP contribution in [0, 0.1) is 6.92 Å². The molecule has 9 heteroatoms. The number of hydrogen-bond donors (Lipinski definition) is 0. The smallest absolute Gasteiger partial charge is 0.345 e. The zero-order valence-electron chi connectivity index (χ0n) is 15.1. The van der Waals surface area contributed by atoms with Crippen LogP contribution in [0.4, 0.5) is 19.0 Å². The van der Waals surface area contributed by atoms with E-state index in [2.05, 4.69) is 15.0 Å². The Kier molecular flexibility index (Phi) is 4.52. The number of nitrogens with zero attached hydrogens (tertiary/aromatic N) is 5. The molecular weight excluding hydrogens is 371 g/mol. The lowest BCUT2D eigenvalue weighted by Gasteiger charge is -2.27. The first-order chi connectivity index (χ1) is 13.3. The van der Waals surface area contributed by atoms with Gasteiger partial charge >= 0.3 is 6.18 Å². The predicted molar refractivity (Wildman–Crippen MR) is 98.1 cm³/mol. The first-order valence-corrected chi connectivity index (χ1v) is 8.95. The second-order valence-electron chi connectivity index (χ2n) is 6.86. The molecule has 3 aromatic rings. The maximum absolute atomic E-state index is 13.2. The van der Waals surface area contributed by atoms with Gasteiger partial charge in [-0.15, -0.1) is 0 Å². The molecule has 0 bridgehead atoms. The molecule has 1 fully saturated rings. The molecule has 1 aliphatic rings. The highest BCUT2D eigenvalue weighted by Crippen LogP contribution is 2.35. The minimum Gasteiger partial charge on any atom is -0.345 e. The topological polar surface area (TPSA) is 63.9 Å². The third kappa shape index (κ3) is 3.44. The summed E-state index contributed by atoms with van der Waals surface area (Å²) in [5.41, 5.74) is 0.458. The molecule has 4 rings (SSSR count). The number of anilines is 1. The van der Waals surface area contributed by atoms with Crippen molar-refractivity contribution in [3.05, 3.63) is 58.5 Å². The summed E-state index contributed by atoms with van der Waals surface area (Å²) in [4.78, 5) is 27.8. The molecule has 2 aromatic heterocycles. The molecule has 146 valence electrons. The Bertz CT molecular complexity index is 1060. The van der Waals surface area contributed by atoms with E-state index >= 15 is 0 Å². The molecule has 1 unspecified atom stereocenters. The van der Waals surface area contributed by atoms with Gasteiger partial charge < -0.3 is 4.90 Å². The van der Waals surface area contributed by atoms with Crippen LogP contribution in [0.3, 0.4) is 0 Å². The number of fused-ring (bicyclic) bond motifs is 1. The van der Waals surface area contributed by atoms with Crippen molar-refractivity contribution in [1.82, 2.24) is 19.5 Å². The normalized spacial score (nSPS) is 17.4. The van der Waals surface area contributed by atoms with Crippen LogP contribution in [-0.4, -0.2) is 32.2 Å². The van der Waals surface area contributed by atoms with E-state index in [4.69, 9.17) is 0 Å². The molecular formula is C19H18F3N5O. The van der Waals surface area contributed by atoms with Gasteiger partial charge in [0.2, 0.25) is 0 Å². The van der Waals surface area contributed by atoms with E-state index < -0.39 is 24.3 Å². The first-order valence-electron chi connectivity index (χ1n) is 8.95. The Balaban J connectivity index is 1.87. The van der Waals surface area contributed by atoms with Crippen molar-refractivity contribution in [2.75, 3.05) is 11.4 Å². The van der Waals surface area contributed by atoms with E-state index in [1.165, 1.54) is 6.07 Å². The minimum absolute atomic E-state index is 0.112. The lowest BCUT2D eigenvalue weighted by atomic mass is 10.1. The Morgan fingerprint density at radius 2 is 1.96 bits per heavy atom. The summed E-state index contributed by atoms with van der Waals surface area (Å²) in [6.07, 6.45) is 0.0190. The summed E-state index contributed by atoms with van der Waals surface area (Å²) < 4.78 is 40.4. The van der Waals surface area contributed by atoms with Crippen molar-refractivity contribution < 1.29 is 13.2 Å². The number of benzene rings is 1. The van der Waals surface area contributed by atoms with Gasteiger partial charge in [0.1, 0.15) is 18.2 Å². The van der Waals surface area contributed by atoms with E-state index in [0.29, 0.717) is 24.3 Å². The molecule has 28 heavy (non-hydrogen) atoms. The van der Waals surface area contributed by atoms with E-state index in [-0.39, 0.29) is 11.2 Å². The highest BCUT2D eigenvalue weighted by Gasteiger charge is 2.35. The second kappa shape index (κ2) is 6.88. The van der Waals surface area contributed by atoms with E-state index in [1.807, 2.05) is 11.8 Å². The highest BCUT2D eigenvalue weighted by atomic mass is 19.4. The Morgan fingerprint density at radius 3 is 2.68 bits per heavy atom. The molecule has 1 aliphatic heterocycles. The number of alkyl halides is 3. The third-order valence-electron chi connectivity index (χ3n) is 4.84. The third-order valence-corrected chi connectivity index (χ3v) is 4.84. The molecule has 0 N–H and O–H groups in total. The van der Waals surface area contributed by atoms with Gasteiger partial charge in [0.05, 0.1) is 35.0 Å². The van der Waals surface area contributed by atoms with Crippen molar-refractivity contribution in [1.29, 1.82) is 0 Å². The molecule has 0 spiro atoms. The highest BCUT2D eigenvalue weighted by molar-refractivity contribution is 5.77. The summed E-state index contributed by atoms with van der Waals surface area (Å²) in [6, 6.07) is 6.00. The Morgan fingerprint density at radius 1 is 1.18 bits per heavy atom. The fourth-order valence-corrected chi connectivity index (χ4v) is 3.62. The van der Waals surface area contributed by atoms with Crippen LogP contribution in [0.5, 0.6) is 0 Å². The van der Waals surface area contributed by atoms with Gasteiger partial charge in [-0.05, 0) is 31.9 Å². The Hall–Kier alpha value is -2.97. The SMILES string of the molecule is Cc1cnc(N2CCCC2c2nc3ccccc3c(=O)n2CC(F)(F)F)cn1. The molecule has 0 radical (unpaired) electrons. The summed E-state index contributed by atoms with van der Waals surface area (Å²) in [5, 5.41) is 0.176. The monoisotopic (exact) mass is 389 g/mol. The Labute approximate surface area is 158 Å². The molecule has 1 aromatic carbocycles. The zero-order valence-corrected chi connectivity index (χ0v) is 15.1. The summed E-state index contributed by atoms with van der Waals surface area (Å²) >= 11 is 0. The summed E-state index contributed by atoms with van der Waals surface area (Å²) in [7, 11) is 0. The van der Waals surface area contributed by atoms with Gasteiger partial charge in [-0.3, -0.25) is 14.3 Å². The number of rotatable bonds is 3. The fourth-order valence-electron chi connectivity index (χ4n) is 3.62. The maximum Gasteiger partial charge on any atom is 0.406 e. The average molecular weight is 389 g/mol. The number of aromatic nitrogens is 4. The van der Waals surface area contributed by atoms with Crippen LogP contribution in [-0.2, 0) is 6.54 Å². The number of para-hydroxylation sites is 1. The molecule has 1 atom stereocenters. The number of aryl methyl sites for hydroxylation is 1. The minimum atomic E-state index is -4.53. The largest absolute Gasteiger partial charge is 0.406 e. The number of hydrogen-bond acceptors (Lipinski definition) is 5. The van der Waals surface area contributed by atoms with Crippen LogP contribution in [0.15, 0.2) is 41.5 Å². The van der Waals surface area contributed by atoms with Gasteiger partial charge in [0.15, 0.2) is 0 Å². The van der Waals surface area contributed by atoms with Crippen LogP contribution < -0.4 is 10.5 Å². The molecule has 6 nitrogen and oxygen atoms in total. The quantitative estimate of drug-likeness (QED) is 0.687. The average Bonchev–Trinajstić information content (AvgIpc) is 3.13. The van der Waals surface area contributed by atoms with Crippen LogP contribution in [0.1, 0.15) is 30.4 Å². The second-order valence-corrected chi connectivity index (χ2v) is 6.86. The fraction of sp³-hybridized carbons (Fsp3) is 0.368. The molecule has 0 aliphatic carbocycles. The molecule has 3 heterocycles. The molecule has 0 amide bonds. The lowest BCUT2D eigenvalue weighted by molar-refractivity contribution is -0.141. The van der Waals surface area contributed by atoms with Gasteiger partial charge in [-0.1, -0.05) is 12.1 Å². The standard InChI is InChI=1S/C19H18F3N5O/c1-12-9-24-16(10-23-12)26-8-4-7-15(26)17-25-14-6-3-2-5-13(14)18(28)27(17)11-19(20,21)22/h2-3,5-6,9-10,15H,4,7-8,11H2,1H3. The first kappa shape index (κ1) is 18.4. The van der Waals surface area contributed by atoms with Gasteiger partial charge in [-0.25, -0.2) is 9.97 Å². The van der Waals surface area contributed by atoms with Crippen LogP contribution in [0.2, 0.25) is 0 Å². The van der Waals surface area contributed by atoms with Crippen molar-refractivity contribution in [2.24, 2.45) is 0 Å². The van der Waals surface area contributed by atoms with Crippen molar-refractivity contribution in [3.8, 4) is 0 Å². The van der Waals surface area contributed by atoms with Gasteiger partial charge in [0.25, 0.3) is 5.56 Å². The van der Waals surface area contributed by atoms with Crippen molar-refractivity contribution in [3.63, 3.8) is 0 Å². The molecule has 1 saturated heterocycles. The number of halogens is 3. The summed E-state index contributed by atoms with van der Waals surface area (Å²) in [5.74, 6) is 0.676. The lowest BCUT2D eigenvalue weighted by Crippen LogP contribution is -2.36. The van der Waals surface area contributed by atoms with Crippen LogP contribution in [0.25, 0.3) is 10.9 Å². The molecule has 0 saturated carbocycles. The predicted octanol–water partition coefficient (Wildman–Crippen LogP) is 3.40.